The van der Waals surface area contributed by atoms with E-state index in [1.165, 1.54) is 18.4 Å². The van der Waals surface area contributed by atoms with Gasteiger partial charge in [0.25, 0.3) is 0 Å². The maximum atomic E-state index is 6.23. The fraction of sp³-hybridized carbons (Fsp3) is 0.647. The van der Waals surface area contributed by atoms with Crippen molar-refractivity contribution in [2.24, 2.45) is 0 Å². The minimum Gasteiger partial charge on any atom is -0.378 e. The van der Waals surface area contributed by atoms with E-state index in [1.807, 2.05) is 12.1 Å². The van der Waals surface area contributed by atoms with Gasteiger partial charge in [-0.3, -0.25) is 0 Å². The van der Waals surface area contributed by atoms with E-state index in [4.69, 9.17) is 16.3 Å². The lowest BCUT2D eigenvalue weighted by Crippen LogP contribution is -2.43. The zero-order chi connectivity index (χ0) is 14.4. The summed E-state index contributed by atoms with van der Waals surface area (Å²) in [6.45, 7) is 5.36. The third-order valence-electron chi connectivity index (χ3n) is 3.98. The molecule has 0 amide bonds. The van der Waals surface area contributed by atoms with Crippen LogP contribution in [-0.4, -0.2) is 24.8 Å². The van der Waals surface area contributed by atoms with Crippen molar-refractivity contribution in [3.05, 3.63) is 34.9 Å². The fourth-order valence-corrected chi connectivity index (χ4v) is 3.22. The summed E-state index contributed by atoms with van der Waals surface area (Å²) in [6, 6.07) is 9.15. The number of benzene rings is 1. The fourth-order valence-electron chi connectivity index (χ4n) is 3.01. The van der Waals surface area contributed by atoms with E-state index in [0.717, 1.165) is 30.9 Å². The van der Waals surface area contributed by atoms with Crippen LogP contribution in [0.5, 0.6) is 0 Å². The maximum Gasteiger partial charge on any atom is 0.0589 e. The average Bonchev–Trinajstić information content (AvgIpc) is 2.42. The average molecular weight is 296 g/mol. The molecule has 1 aromatic carbocycles. The Labute approximate surface area is 127 Å². The van der Waals surface area contributed by atoms with Gasteiger partial charge in [-0.15, -0.1) is 0 Å². The maximum absolute atomic E-state index is 6.23. The van der Waals surface area contributed by atoms with Gasteiger partial charge in [0.15, 0.2) is 0 Å². The lowest BCUT2D eigenvalue weighted by Gasteiger charge is -2.32. The second-order valence-corrected chi connectivity index (χ2v) is 6.27. The van der Waals surface area contributed by atoms with E-state index in [-0.39, 0.29) is 0 Å². The Morgan fingerprint density at radius 3 is 2.95 bits per heavy atom. The van der Waals surface area contributed by atoms with Crippen molar-refractivity contribution in [3.8, 4) is 0 Å². The monoisotopic (exact) mass is 295 g/mol. The van der Waals surface area contributed by atoms with Crippen LogP contribution < -0.4 is 5.32 Å². The molecule has 1 heterocycles. The van der Waals surface area contributed by atoms with Crippen molar-refractivity contribution in [3.63, 3.8) is 0 Å². The lowest BCUT2D eigenvalue weighted by atomic mass is 9.98. The molecule has 2 rings (SSSR count). The summed E-state index contributed by atoms with van der Waals surface area (Å²) < 4.78 is 5.81. The molecule has 1 fully saturated rings. The molecule has 1 aliphatic heterocycles. The first kappa shape index (κ1) is 15.8. The summed E-state index contributed by atoms with van der Waals surface area (Å²) in [5, 5.41) is 4.62. The molecular formula is C17H26ClNO. The van der Waals surface area contributed by atoms with E-state index in [0.29, 0.717) is 18.2 Å². The highest BCUT2D eigenvalue weighted by atomic mass is 35.5. The van der Waals surface area contributed by atoms with Crippen molar-refractivity contribution in [1.82, 2.24) is 5.32 Å². The van der Waals surface area contributed by atoms with Crippen molar-refractivity contribution in [2.75, 3.05) is 6.61 Å². The topological polar surface area (TPSA) is 21.3 Å². The summed E-state index contributed by atoms with van der Waals surface area (Å²) in [4.78, 5) is 0. The summed E-state index contributed by atoms with van der Waals surface area (Å²) in [6.07, 6.45) is 6.06. The van der Waals surface area contributed by atoms with Crippen molar-refractivity contribution in [2.45, 2.75) is 64.1 Å². The molecule has 0 bridgehead atoms. The highest BCUT2D eigenvalue weighted by Gasteiger charge is 2.23. The highest BCUT2D eigenvalue weighted by molar-refractivity contribution is 6.31. The van der Waals surface area contributed by atoms with Gasteiger partial charge in [0.1, 0.15) is 0 Å². The Morgan fingerprint density at radius 1 is 1.40 bits per heavy atom. The van der Waals surface area contributed by atoms with Crippen LogP contribution in [0.3, 0.4) is 0 Å². The lowest BCUT2D eigenvalue weighted by molar-refractivity contribution is -0.00465. The third-order valence-corrected chi connectivity index (χ3v) is 4.35. The standard InChI is InChI=1S/C17H26ClNO/c1-3-6-16-12-15(9-10-20-16)19-13(2)11-14-7-4-5-8-17(14)18/h4-5,7-8,13,15-16,19H,3,6,9-12H2,1-2H3. The minimum atomic E-state index is 0.443. The largest absolute Gasteiger partial charge is 0.378 e. The summed E-state index contributed by atoms with van der Waals surface area (Å²) in [5.74, 6) is 0. The van der Waals surface area contributed by atoms with Crippen molar-refractivity contribution < 1.29 is 4.74 Å². The van der Waals surface area contributed by atoms with Crippen molar-refractivity contribution in [1.29, 1.82) is 0 Å². The van der Waals surface area contributed by atoms with Crippen LogP contribution in [0.2, 0.25) is 5.02 Å². The van der Waals surface area contributed by atoms with Crippen LogP contribution in [0.4, 0.5) is 0 Å². The number of hydrogen-bond acceptors (Lipinski definition) is 2. The zero-order valence-electron chi connectivity index (χ0n) is 12.6. The van der Waals surface area contributed by atoms with Crippen molar-refractivity contribution >= 4 is 11.6 Å². The van der Waals surface area contributed by atoms with Crippen LogP contribution in [-0.2, 0) is 11.2 Å². The molecule has 3 unspecified atom stereocenters. The first-order valence-electron chi connectivity index (χ1n) is 7.80. The second kappa shape index (κ2) is 8.02. The molecule has 20 heavy (non-hydrogen) atoms. The van der Waals surface area contributed by atoms with Gasteiger partial charge in [-0.05, 0) is 44.2 Å². The molecular weight excluding hydrogens is 270 g/mol. The van der Waals surface area contributed by atoms with Crippen LogP contribution in [0, 0.1) is 0 Å². The number of halogens is 1. The van der Waals surface area contributed by atoms with Gasteiger partial charge in [-0.25, -0.2) is 0 Å². The van der Waals surface area contributed by atoms with Gasteiger partial charge in [-0.2, -0.15) is 0 Å². The van der Waals surface area contributed by atoms with Crippen LogP contribution in [0.25, 0.3) is 0 Å². The number of ether oxygens (including phenoxy) is 1. The minimum absolute atomic E-state index is 0.443. The number of hydrogen-bond donors (Lipinski definition) is 1. The van der Waals surface area contributed by atoms with Gasteiger partial charge >= 0.3 is 0 Å². The normalized spacial score (nSPS) is 24.6. The zero-order valence-corrected chi connectivity index (χ0v) is 13.3. The number of rotatable bonds is 6. The predicted molar refractivity (Wildman–Crippen MR) is 85.4 cm³/mol. The third kappa shape index (κ3) is 4.76. The SMILES string of the molecule is CCCC1CC(NC(C)Cc2ccccc2Cl)CCO1. The first-order chi connectivity index (χ1) is 9.69. The van der Waals surface area contributed by atoms with Crippen LogP contribution >= 0.6 is 11.6 Å². The summed E-state index contributed by atoms with van der Waals surface area (Å²) in [7, 11) is 0. The van der Waals surface area contributed by atoms with E-state index in [2.05, 4.69) is 31.3 Å². The molecule has 2 nitrogen and oxygen atoms in total. The summed E-state index contributed by atoms with van der Waals surface area (Å²) in [5.41, 5.74) is 1.23. The Balaban J connectivity index is 1.82. The second-order valence-electron chi connectivity index (χ2n) is 5.87. The van der Waals surface area contributed by atoms with Gasteiger partial charge < -0.3 is 10.1 Å². The van der Waals surface area contributed by atoms with Crippen LogP contribution in [0.1, 0.15) is 45.1 Å². The molecule has 0 spiro atoms. The first-order valence-corrected chi connectivity index (χ1v) is 8.18. The Kier molecular flexibility index (Phi) is 6.34. The molecule has 3 atom stereocenters. The predicted octanol–water partition coefficient (Wildman–Crippen LogP) is 4.21. The van der Waals surface area contributed by atoms with Gasteiger partial charge in [-0.1, -0.05) is 43.1 Å². The molecule has 0 saturated carbocycles. The Hall–Kier alpha value is -0.570. The Bertz CT molecular complexity index is 408. The quantitative estimate of drug-likeness (QED) is 0.849. The number of nitrogens with one attached hydrogen (secondary N) is 1. The molecule has 0 aliphatic carbocycles. The Morgan fingerprint density at radius 2 is 2.20 bits per heavy atom. The van der Waals surface area contributed by atoms with Gasteiger partial charge in [0.2, 0.25) is 0 Å². The molecule has 112 valence electrons. The van der Waals surface area contributed by atoms with Crippen LogP contribution in [0.15, 0.2) is 24.3 Å². The smallest absolute Gasteiger partial charge is 0.0589 e. The van der Waals surface area contributed by atoms with Gasteiger partial charge in [0, 0.05) is 23.7 Å². The molecule has 0 aromatic heterocycles. The summed E-state index contributed by atoms with van der Waals surface area (Å²) >= 11 is 6.23. The van der Waals surface area contributed by atoms with E-state index < -0.39 is 0 Å². The van der Waals surface area contributed by atoms with E-state index in [1.54, 1.807) is 0 Å². The molecule has 3 heteroatoms. The molecule has 1 N–H and O–H groups in total. The highest BCUT2D eigenvalue weighted by Crippen LogP contribution is 2.20. The van der Waals surface area contributed by atoms with E-state index in [9.17, 15) is 0 Å². The van der Waals surface area contributed by atoms with E-state index >= 15 is 0 Å². The van der Waals surface area contributed by atoms with Gasteiger partial charge in [0.05, 0.1) is 6.10 Å². The molecule has 1 aromatic rings. The molecule has 1 aliphatic rings. The molecule has 0 radical (unpaired) electrons. The molecule has 1 saturated heterocycles.